The summed E-state index contributed by atoms with van der Waals surface area (Å²) in [4.78, 5) is 30.9. The van der Waals surface area contributed by atoms with Crippen molar-refractivity contribution in [2.75, 3.05) is 6.61 Å². The Labute approximate surface area is 69.3 Å². The van der Waals surface area contributed by atoms with E-state index in [-0.39, 0.29) is 19.2 Å². The van der Waals surface area contributed by atoms with Crippen LogP contribution in [0.4, 0.5) is 0 Å². The van der Waals surface area contributed by atoms with E-state index in [4.69, 9.17) is 5.11 Å². The van der Waals surface area contributed by atoms with Gasteiger partial charge in [-0.3, -0.25) is 9.59 Å². The van der Waals surface area contributed by atoms with Crippen LogP contribution >= 0.6 is 0 Å². The summed E-state index contributed by atoms with van der Waals surface area (Å²) in [6, 6.07) is 0. The molecule has 68 valence electrons. The quantitative estimate of drug-likeness (QED) is 0.331. The molecular weight excluding hydrogens is 164 g/mol. The topological polar surface area (TPSA) is 80.7 Å². The second-order valence-corrected chi connectivity index (χ2v) is 2.20. The zero-order chi connectivity index (χ0) is 9.61. The predicted molar refractivity (Wildman–Crippen MR) is 38.3 cm³/mol. The summed E-state index contributed by atoms with van der Waals surface area (Å²) in [5.74, 6) is -1.23. The lowest BCUT2D eigenvalue weighted by Crippen LogP contribution is -2.43. The summed E-state index contributed by atoms with van der Waals surface area (Å²) >= 11 is 0. The van der Waals surface area contributed by atoms with Crippen LogP contribution in [0.25, 0.3) is 0 Å². The molecule has 0 aromatic rings. The van der Waals surface area contributed by atoms with E-state index in [1.807, 2.05) is 0 Å². The molecule has 0 aliphatic heterocycles. The van der Waals surface area contributed by atoms with Gasteiger partial charge < -0.3 is 9.84 Å². The largest absolute Gasteiger partial charge is 0.463 e. The molecule has 0 atom stereocenters. The lowest BCUT2D eigenvalue weighted by molar-refractivity contribution is -0.167. The second kappa shape index (κ2) is 4.61. The molecule has 0 aromatic heterocycles. The highest BCUT2D eigenvalue weighted by Crippen LogP contribution is 1.99. The molecule has 0 saturated heterocycles. The minimum absolute atomic E-state index is 0.0722. The zero-order valence-electron chi connectivity index (χ0n) is 6.65. The summed E-state index contributed by atoms with van der Waals surface area (Å²) in [6.45, 7) is 1.82. The Balaban J connectivity index is 4.22. The number of aldehydes is 2. The molecule has 0 aromatic carbocycles. The second-order valence-electron chi connectivity index (χ2n) is 2.20. The standard InChI is InChI=1S/C7H10O5/c1-2-3-12-6(10)7(11,4-8)5-9/h4-5,11H,2-3H2,1H3. The number of carbonyl (C=O) groups is 3. The maximum absolute atomic E-state index is 10.8. The van der Waals surface area contributed by atoms with Crippen LogP contribution in [0, 0.1) is 0 Å². The highest BCUT2D eigenvalue weighted by molar-refractivity contribution is 6.11. The maximum Gasteiger partial charge on any atom is 0.353 e. The van der Waals surface area contributed by atoms with E-state index in [9.17, 15) is 14.4 Å². The fraction of sp³-hybridized carbons (Fsp3) is 0.571. The molecule has 0 spiro atoms. The lowest BCUT2D eigenvalue weighted by atomic mass is 10.1. The van der Waals surface area contributed by atoms with Gasteiger partial charge >= 0.3 is 5.97 Å². The Morgan fingerprint density at radius 1 is 1.50 bits per heavy atom. The normalized spacial score (nSPS) is 10.5. The summed E-state index contributed by atoms with van der Waals surface area (Å²) < 4.78 is 4.39. The third-order valence-corrected chi connectivity index (χ3v) is 1.12. The number of rotatable bonds is 5. The lowest BCUT2D eigenvalue weighted by Gasteiger charge is -2.11. The third-order valence-electron chi connectivity index (χ3n) is 1.12. The summed E-state index contributed by atoms with van der Waals surface area (Å²) in [5.41, 5.74) is -2.63. The molecule has 5 heteroatoms. The molecule has 0 fully saturated rings. The Bertz CT molecular complexity index is 178. The number of ether oxygens (including phenoxy) is 1. The van der Waals surface area contributed by atoms with Gasteiger partial charge in [-0.15, -0.1) is 0 Å². The molecule has 0 rings (SSSR count). The number of carbonyl (C=O) groups excluding carboxylic acids is 3. The van der Waals surface area contributed by atoms with Gasteiger partial charge in [0, 0.05) is 0 Å². The number of esters is 1. The van der Waals surface area contributed by atoms with Gasteiger partial charge in [0.05, 0.1) is 6.61 Å². The monoisotopic (exact) mass is 174 g/mol. The van der Waals surface area contributed by atoms with E-state index >= 15 is 0 Å². The zero-order valence-corrected chi connectivity index (χ0v) is 6.65. The van der Waals surface area contributed by atoms with E-state index in [0.717, 1.165) is 0 Å². The Hall–Kier alpha value is -1.23. The average molecular weight is 174 g/mol. The van der Waals surface area contributed by atoms with Crippen molar-refractivity contribution >= 4 is 18.5 Å². The van der Waals surface area contributed by atoms with Gasteiger partial charge in [-0.25, -0.2) is 4.79 Å². The van der Waals surface area contributed by atoms with Crippen LogP contribution in [-0.4, -0.2) is 35.9 Å². The van der Waals surface area contributed by atoms with Gasteiger partial charge in [-0.05, 0) is 6.42 Å². The fourth-order valence-electron chi connectivity index (χ4n) is 0.434. The van der Waals surface area contributed by atoms with Crippen LogP contribution in [0.15, 0.2) is 0 Å². The number of aliphatic hydroxyl groups is 1. The van der Waals surface area contributed by atoms with Crippen molar-refractivity contribution in [1.29, 1.82) is 0 Å². The molecule has 1 N–H and O–H groups in total. The average Bonchev–Trinajstić information content (AvgIpc) is 2.12. The Morgan fingerprint density at radius 3 is 2.33 bits per heavy atom. The highest BCUT2D eigenvalue weighted by Gasteiger charge is 2.37. The van der Waals surface area contributed by atoms with Gasteiger partial charge in [0.25, 0.3) is 5.60 Å². The van der Waals surface area contributed by atoms with E-state index in [1.165, 1.54) is 0 Å². The maximum atomic E-state index is 10.8. The van der Waals surface area contributed by atoms with Crippen molar-refractivity contribution in [3.8, 4) is 0 Å². The molecule has 0 aliphatic rings. The van der Waals surface area contributed by atoms with Crippen molar-refractivity contribution in [3.63, 3.8) is 0 Å². The van der Waals surface area contributed by atoms with Gasteiger partial charge in [0.1, 0.15) is 0 Å². The van der Waals surface area contributed by atoms with Crippen LogP contribution < -0.4 is 0 Å². The van der Waals surface area contributed by atoms with E-state index < -0.39 is 11.6 Å². The van der Waals surface area contributed by atoms with Gasteiger partial charge in [-0.1, -0.05) is 6.92 Å². The number of hydrogen-bond donors (Lipinski definition) is 1. The Morgan fingerprint density at radius 2 is 2.00 bits per heavy atom. The predicted octanol–water partition coefficient (Wildman–Crippen LogP) is -0.932. The Kier molecular flexibility index (Phi) is 4.14. The van der Waals surface area contributed by atoms with Crippen molar-refractivity contribution < 1.29 is 24.2 Å². The molecule has 0 amide bonds. The van der Waals surface area contributed by atoms with Crippen molar-refractivity contribution in [1.82, 2.24) is 0 Å². The van der Waals surface area contributed by atoms with Crippen molar-refractivity contribution in [2.45, 2.75) is 18.9 Å². The number of hydrogen-bond acceptors (Lipinski definition) is 5. The van der Waals surface area contributed by atoms with E-state index in [0.29, 0.717) is 6.42 Å². The first-order valence-corrected chi connectivity index (χ1v) is 3.43. The molecule has 5 nitrogen and oxygen atoms in total. The molecule has 0 saturated carbocycles. The fourth-order valence-corrected chi connectivity index (χ4v) is 0.434. The first-order chi connectivity index (χ1) is 5.60. The molecule has 0 aliphatic carbocycles. The van der Waals surface area contributed by atoms with Crippen LogP contribution in [0.1, 0.15) is 13.3 Å². The SMILES string of the molecule is CCCOC(=O)C(O)(C=O)C=O. The van der Waals surface area contributed by atoms with Crippen molar-refractivity contribution in [2.24, 2.45) is 0 Å². The summed E-state index contributed by atoms with van der Waals surface area (Å²) in [6.07, 6.45) is 0.246. The molecule has 0 unspecified atom stereocenters. The van der Waals surface area contributed by atoms with Crippen LogP contribution in [0.3, 0.4) is 0 Å². The molecular formula is C7H10O5. The van der Waals surface area contributed by atoms with Crippen LogP contribution in [0.5, 0.6) is 0 Å². The van der Waals surface area contributed by atoms with Gasteiger partial charge in [0.15, 0.2) is 12.6 Å². The summed E-state index contributed by atoms with van der Waals surface area (Å²) in [5, 5.41) is 8.91. The van der Waals surface area contributed by atoms with E-state index in [1.54, 1.807) is 6.92 Å². The van der Waals surface area contributed by atoms with Crippen LogP contribution in [0.2, 0.25) is 0 Å². The molecule has 0 radical (unpaired) electrons. The summed E-state index contributed by atoms with van der Waals surface area (Å²) in [7, 11) is 0. The first-order valence-electron chi connectivity index (χ1n) is 3.43. The third kappa shape index (κ3) is 2.43. The van der Waals surface area contributed by atoms with Gasteiger partial charge in [-0.2, -0.15) is 0 Å². The molecule has 12 heavy (non-hydrogen) atoms. The van der Waals surface area contributed by atoms with E-state index in [2.05, 4.69) is 4.74 Å². The minimum atomic E-state index is -2.63. The van der Waals surface area contributed by atoms with Crippen LogP contribution in [-0.2, 0) is 19.1 Å². The first kappa shape index (κ1) is 10.8. The highest BCUT2D eigenvalue weighted by atomic mass is 16.6. The van der Waals surface area contributed by atoms with Gasteiger partial charge in [0.2, 0.25) is 0 Å². The smallest absolute Gasteiger partial charge is 0.353 e. The molecule has 0 heterocycles. The minimum Gasteiger partial charge on any atom is -0.463 e. The van der Waals surface area contributed by atoms with Crippen molar-refractivity contribution in [3.05, 3.63) is 0 Å². The molecule has 0 bridgehead atoms.